The van der Waals surface area contributed by atoms with Crippen LogP contribution in [-0.4, -0.2) is 35.3 Å². The maximum absolute atomic E-state index is 12.4. The number of hydrogen-bond donors (Lipinski definition) is 1. The molecule has 0 aromatic carbocycles. The molecule has 1 aliphatic rings. The van der Waals surface area contributed by atoms with E-state index in [0.29, 0.717) is 5.69 Å². The van der Waals surface area contributed by atoms with Crippen molar-refractivity contribution in [2.45, 2.75) is 31.9 Å². The van der Waals surface area contributed by atoms with Crippen molar-refractivity contribution in [3.8, 4) is 0 Å². The molecule has 4 nitrogen and oxygen atoms in total. The first-order valence-electron chi connectivity index (χ1n) is 5.87. The van der Waals surface area contributed by atoms with Crippen LogP contribution in [0.25, 0.3) is 0 Å². The lowest BCUT2D eigenvalue weighted by molar-refractivity contribution is -0.119. The normalized spacial score (nSPS) is 15.6. The average Bonchev–Trinajstić information content (AvgIpc) is 3.04. The number of aromatic carboxylic acids is 1. The minimum Gasteiger partial charge on any atom is -0.477 e. The predicted octanol–water partition coefficient (Wildman–Crippen LogP) is 3.11. The van der Waals surface area contributed by atoms with Crippen LogP contribution in [0, 0.1) is 0 Å². The highest BCUT2D eigenvalue weighted by Gasteiger charge is 2.35. The summed E-state index contributed by atoms with van der Waals surface area (Å²) in [5.74, 6) is -1.02. The smallest absolute Gasteiger partial charge is 0.406 e. The Bertz CT molecular complexity index is 483. The van der Waals surface area contributed by atoms with E-state index >= 15 is 0 Å². The van der Waals surface area contributed by atoms with E-state index in [1.165, 1.54) is 0 Å². The van der Waals surface area contributed by atoms with Gasteiger partial charge < -0.3 is 10.0 Å². The third-order valence-corrected chi connectivity index (χ3v) is 3.94. The molecular weight excluding hydrogens is 281 g/mol. The van der Waals surface area contributed by atoms with Crippen LogP contribution in [0.4, 0.5) is 18.3 Å². The zero-order valence-corrected chi connectivity index (χ0v) is 11.0. The molecular formula is C11H13F3N2O2S. The molecule has 1 saturated carbocycles. The lowest BCUT2D eigenvalue weighted by atomic mass is 10.2. The van der Waals surface area contributed by atoms with Crippen molar-refractivity contribution in [1.29, 1.82) is 0 Å². The molecule has 1 heterocycles. The SMILES string of the molecule is CCN(CC(F)(F)F)c1nc(C2CC2)c(C(=O)O)s1. The Morgan fingerprint density at radius 3 is 2.58 bits per heavy atom. The summed E-state index contributed by atoms with van der Waals surface area (Å²) in [4.78, 5) is 16.3. The number of carbonyl (C=O) groups is 1. The van der Waals surface area contributed by atoms with Gasteiger partial charge in [-0.2, -0.15) is 13.2 Å². The van der Waals surface area contributed by atoms with Gasteiger partial charge in [0.2, 0.25) is 0 Å². The number of alkyl halides is 3. The zero-order valence-electron chi connectivity index (χ0n) is 10.2. The quantitative estimate of drug-likeness (QED) is 0.906. The van der Waals surface area contributed by atoms with E-state index in [0.717, 1.165) is 29.1 Å². The third kappa shape index (κ3) is 3.37. The maximum atomic E-state index is 12.4. The van der Waals surface area contributed by atoms with Crippen LogP contribution < -0.4 is 4.90 Å². The van der Waals surface area contributed by atoms with Crippen molar-refractivity contribution in [3.63, 3.8) is 0 Å². The summed E-state index contributed by atoms with van der Waals surface area (Å²) in [5.41, 5.74) is 0.438. The van der Waals surface area contributed by atoms with Gasteiger partial charge in [-0.1, -0.05) is 11.3 Å². The van der Waals surface area contributed by atoms with Crippen LogP contribution in [-0.2, 0) is 0 Å². The number of anilines is 1. The topological polar surface area (TPSA) is 53.4 Å². The van der Waals surface area contributed by atoms with Gasteiger partial charge in [-0.15, -0.1) is 0 Å². The molecule has 1 aliphatic carbocycles. The second kappa shape index (κ2) is 4.99. The molecule has 0 unspecified atom stereocenters. The molecule has 1 aromatic rings. The number of aromatic nitrogens is 1. The van der Waals surface area contributed by atoms with E-state index in [4.69, 9.17) is 5.11 Å². The Kier molecular flexibility index (Phi) is 3.71. The molecule has 19 heavy (non-hydrogen) atoms. The summed E-state index contributed by atoms with van der Waals surface area (Å²) < 4.78 is 37.3. The van der Waals surface area contributed by atoms with Crippen molar-refractivity contribution in [2.75, 3.05) is 18.0 Å². The molecule has 8 heteroatoms. The first-order chi connectivity index (χ1) is 8.81. The highest BCUT2D eigenvalue weighted by Crippen LogP contribution is 2.44. The van der Waals surface area contributed by atoms with Crippen LogP contribution in [0.2, 0.25) is 0 Å². The summed E-state index contributed by atoms with van der Waals surface area (Å²) in [6.07, 6.45) is -2.62. The van der Waals surface area contributed by atoms with E-state index in [1.54, 1.807) is 6.92 Å². The van der Waals surface area contributed by atoms with E-state index in [2.05, 4.69) is 4.98 Å². The van der Waals surface area contributed by atoms with Gasteiger partial charge in [0.15, 0.2) is 5.13 Å². The zero-order chi connectivity index (χ0) is 14.2. The summed E-state index contributed by atoms with van der Waals surface area (Å²) in [5, 5.41) is 9.21. The number of thiazole rings is 1. The largest absolute Gasteiger partial charge is 0.477 e. The lowest BCUT2D eigenvalue weighted by Gasteiger charge is -2.21. The van der Waals surface area contributed by atoms with Crippen LogP contribution >= 0.6 is 11.3 Å². The number of hydrogen-bond acceptors (Lipinski definition) is 4. The van der Waals surface area contributed by atoms with E-state index in [1.807, 2.05) is 0 Å². The fraction of sp³-hybridized carbons (Fsp3) is 0.636. The second-order valence-corrected chi connectivity index (χ2v) is 5.40. The van der Waals surface area contributed by atoms with Gasteiger partial charge in [-0.3, -0.25) is 0 Å². The Labute approximate surface area is 111 Å². The second-order valence-electron chi connectivity index (χ2n) is 4.42. The number of carboxylic acid groups (broad SMARTS) is 1. The Morgan fingerprint density at radius 1 is 1.53 bits per heavy atom. The van der Waals surface area contributed by atoms with Crippen molar-refractivity contribution in [1.82, 2.24) is 4.98 Å². The summed E-state index contributed by atoms with van der Waals surface area (Å²) in [7, 11) is 0. The van der Waals surface area contributed by atoms with Crippen molar-refractivity contribution in [2.24, 2.45) is 0 Å². The number of halogens is 3. The van der Waals surface area contributed by atoms with Crippen molar-refractivity contribution >= 4 is 22.4 Å². The van der Waals surface area contributed by atoms with Crippen molar-refractivity contribution in [3.05, 3.63) is 10.6 Å². The van der Waals surface area contributed by atoms with E-state index in [-0.39, 0.29) is 22.5 Å². The molecule has 1 fully saturated rings. The third-order valence-electron chi connectivity index (χ3n) is 2.82. The predicted molar refractivity (Wildman–Crippen MR) is 65.0 cm³/mol. The molecule has 106 valence electrons. The highest BCUT2D eigenvalue weighted by atomic mass is 32.1. The first kappa shape index (κ1) is 14.1. The van der Waals surface area contributed by atoms with Crippen LogP contribution in [0.5, 0.6) is 0 Å². The summed E-state index contributed by atoms with van der Waals surface area (Å²) in [6.45, 7) is 0.612. The number of rotatable bonds is 5. The van der Waals surface area contributed by atoms with Gasteiger partial charge in [0.05, 0.1) is 5.69 Å². The molecule has 0 bridgehead atoms. The Balaban J connectivity index is 2.28. The van der Waals surface area contributed by atoms with Crippen LogP contribution in [0.1, 0.15) is 41.0 Å². The molecule has 1 N–H and O–H groups in total. The van der Waals surface area contributed by atoms with E-state index in [9.17, 15) is 18.0 Å². The minimum atomic E-state index is -4.33. The minimum absolute atomic E-state index is 0.0677. The molecule has 0 aliphatic heterocycles. The first-order valence-corrected chi connectivity index (χ1v) is 6.69. The molecule has 0 saturated heterocycles. The molecule has 2 rings (SSSR count). The number of nitrogens with zero attached hydrogens (tertiary/aromatic N) is 2. The Hall–Kier alpha value is -1.31. The summed E-state index contributed by atoms with van der Waals surface area (Å²) >= 11 is 0.825. The van der Waals surface area contributed by atoms with Crippen LogP contribution in [0.15, 0.2) is 0 Å². The Morgan fingerprint density at radius 2 is 2.16 bits per heavy atom. The molecule has 0 atom stereocenters. The standard InChI is InChI=1S/C11H13F3N2O2S/c1-2-16(5-11(12,13)14)10-15-7(6-3-4-6)8(19-10)9(17)18/h6H,2-5H2,1H3,(H,17,18). The van der Waals surface area contributed by atoms with E-state index < -0.39 is 18.7 Å². The van der Waals surface area contributed by atoms with Gasteiger partial charge in [0, 0.05) is 12.5 Å². The maximum Gasteiger partial charge on any atom is 0.406 e. The fourth-order valence-electron chi connectivity index (χ4n) is 1.77. The van der Waals surface area contributed by atoms with Crippen LogP contribution in [0.3, 0.4) is 0 Å². The van der Waals surface area contributed by atoms with Gasteiger partial charge in [-0.05, 0) is 19.8 Å². The van der Waals surface area contributed by atoms with Gasteiger partial charge in [0.1, 0.15) is 11.4 Å². The van der Waals surface area contributed by atoms with Gasteiger partial charge in [-0.25, -0.2) is 9.78 Å². The van der Waals surface area contributed by atoms with Crippen molar-refractivity contribution < 1.29 is 23.1 Å². The monoisotopic (exact) mass is 294 g/mol. The van der Waals surface area contributed by atoms with Gasteiger partial charge in [0.25, 0.3) is 0 Å². The fourth-order valence-corrected chi connectivity index (χ4v) is 2.83. The summed E-state index contributed by atoms with van der Waals surface area (Å²) in [6, 6.07) is 0. The lowest BCUT2D eigenvalue weighted by Crippen LogP contribution is -2.34. The molecule has 1 aromatic heterocycles. The molecule has 0 spiro atoms. The molecule has 0 amide bonds. The van der Waals surface area contributed by atoms with Gasteiger partial charge >= 0.3 is 12.1 Å². The average molecular weight is 294 g/mol. The number of carboxylic acids is 1. The highest BCUT2D eigenvalue weighted by molar-refractivity contribution is 7.17. The molecule has 0 radical (unpaired) electrons.